The number of amides is 1. The predicted molar refractivity (Wildman–Crippen MR) is 130 cm³/mol. The quantitative estimate of drug-likeness (QED) is 0.357. The molecule has 1 aromatic heterocycles. The number of hydrogen-bond donors (Lipinski definition) is 2. The second-order valence-electron chi connectivity index (χ2n) is 7.21. The van der Waals surface area contributed by atoms with Crippen molar-refractivity contribution in [2.24, 2.45) is 0 Å². The number of fused-ring (bicyclic) bond motifs is 1. The van der Waals surface area contributed by atoms with Crippen LogP contribution in [0.2, 0.25) is 0 Å². The molecule has 0 saturated carbocycles. The van der Waals surface area contributed by atoms with Gasteiger partial charge in [-0.3, -0.25) is 9.52 Å². The predicted octanol–water partition coefficient (Wildman–Crippen LogP) is 4.79. The van der Waals surface area contributed by atoms with Gasteiger partial charge in [0.25, 0.3) is 15.9 Å². The summed E-state index contributed by atoms with van der Waals surface area (Å²) in [5.41, 5.74) is 2.29. The molecular weight excluding hydrogens is 512 g/mol. The monoisotopic (exact) mass is 530 g/mol. The molecule has 0 saturated heterocycles. The lowest BCUT2D eigenvalue weighted by Gasteiger charge is -2.16. The van der Waals surface area contributed by atoms with Crippen LogP contribution in [-0.2, 0) is 10.0 Å². The lowest BCUT2D eigenvalue weighted by atomic mass is 10.0. The van der Waals surface area contributed by atoms with E-state index in [0.717, 1.165) is 17.3 Å². The maximum atomic E-state index is 13.1. The molecule has 0 unspecified atom stereocenters. The Morgan fingerprint density at radius 2 is 1.84 bits per heavy atom. The van der Waals surface area contributed by atoms with Gasteiger partial charge in [-0.1, -0.05) is 59.3 Å². The molecule has 7 nitrogen and oxygen atoms in total. The van der Waals surface area contributed by atoms with Crippen molar-refractivity contribution in [1.29, 1.82) is 0 Å². The largest absolute Gasteiger partial charge is 0.351 e. The van der Waals surface area contributed by atoms with Crippen LogP contribution in [0.1, 0.15) is 28.8 Å². The summed E-state index contributed by atoms with van der Waals surface area (Å²) in [6.45, 7) is 2.43. The number of benzene rings is 3. The summed E-state index contributed by atoms with van der Waals surface area (Å²) in [5.74, 6) is -0.267. The number of anilines is 1. The molecule has 0 radical (unpaired) electrons. The van der Waals surface area contributed by atoms with Gasteiger partial charge < -0.3 is 5.32 Å². The Kier molecular flexibility index (Phi) is 6.54. The number of aromatic nitrogens is 2. The van der Waals surface area contributed by atoms with Crippen molar-refractivity contribution in [1.82, 2.24) is 14.1 Å². The average Bonchev–Trinajstić information content (AvgIpc) is 3.26. The molecule has 1 heterocycles. The number of sulfonamides is 1. The fourth-order valence-electron chi connectivity index (χ4n) is 3.24. The van der Waals surface area contributed by atoms with Crippen molar-refractivity contribution >= 4 is 60.3 Å². The van der Waals surface area contributed by atoms with Crippen LogP contribution in [0.25, 0.3) is 11.0 Å². The van der Waals surface area contributed by atoms with Crippen LogP contribution >= 0.6 is 27.7 Å². The van der Waals surface area contributed by atoms with Crippen LogP contribution in [0.3, 0.4) is 0 Å². The van der Waals surface area contributed by atoms with Crippen LogP contribution in [0.15, 0.2) is 76.1 Å². The maximum absolute atomic E-state index is 13.1. The molecule has 0 aliphatic carbocycles. The van der Waals surface area contributed by atoms with Gasteiger partial charge in [-0.25, -0.2) is 8.42 Å². The van der Waals surface area contributed by atoms with Gasteiger partial charge in [0.15, 0.2) is 0 Å². The molecule has 0 aliphatic rings. The van der Waals surface area contributed by atoms with E-state index in [4.69, 9.17) is 0 Å². The zero-order valence-corrected chi connectivity index (χ0v) is 20.2. The number of nitrogens with zero attached hydrogens (tertiary/aromatic N) is 2. The van der Waals surface area contributed by atoms with Gasteiger partial charge >= 0.3 is 0 Å². The number of carbonyl (C=O) groups excluding carboxylic acids is 1. The average molecular weight is 531 g/mol. The SMILES string of the molecule is C[C@@H](CNC(=O)c1ccc(Br)cc1NS(=O)(=O)c1cccc2nsnc12)c1ccccc1. The maximum Gasteiger partial charge on any atom is 0.264 e. The van der Waals surface area contributed by atoms with E-state index in [1.165, 1.54) is 6.07 Å². The minimum atomic E-state index is -4.00. The lowest BCUT2D eigenvalue weighted by Crippen LogP contribution is -2.28. The van der Waals surface area contributed by atoms with Crippen LogP contribution < -0.4 is 10.0 Å². The number of nitrogens with one attached hydrogen (secondary N) is 2. The van der Waals surface area contributed by atoms with Crippen LogP contribution in [0.5, 0.6) is 0 Å². The summed E-state index contributed by atoms with van der Waals surface area (Å²) >= 11 is 4.29. The first-order valence-corrected chi connectivity index (χ1v) is 12.7. The van der Waals surface area contributed by atoms with Gasteiger partial charge in [0.2, 0.25) is 0 Å². The molecule has 3 aromatic carbocycles. The molecule has 0 spiro atoms. The highest BCUT2D eigenvalue weighted by atomic mass is 79.9. The molecule has 164 valence electrons. The van der Waals surface area contributed by atoms with E-state index in [2.05, 4.69) is 34.7 Å². The molecule has 0 fully saturated rings. The molecule has 4 aromatic rings. The minimum Gasteiger partial charge on any atom is -0.351 e. The summed E-state index contributed by atoms with van der Waals surface area (Å²) in [5, 5.41) is 2.90. The zero-order valence-electron chi connectivity index (χ0n) is 16.9. The Morgan fingerprint density at radius 1 is 1.06 bits per heavy atom. The molecule has 0 aliphatic heterocycles. The summed E-state index contributed by atoms with van der Waals surface area (Å²) < 4.78 is 37.6. The highest BCUT2D eigenvalue weighted by Gasteiger charge is 2.23. The molecule has 0 bridgehead atoms. The van der Waals surface area contributed by atoms with E-state index >= 15 is 0 Å². The fraction of sp³-hybridized carbons (Fsp3) is 0.136. The molecule has 1 atom stereocenters. The third-order valence-electron chi connectivity index (χ3n) is 4.95. The number of halogens is 1. The fourth-order valence-corrected chi connectivity index (χ4v) is 5.44. The Bertz CT molecular complexity index is 1370. The van der Waals surface area contributed by atoms with Gasteiger partial charge in [0, 0.05) is 11.0 Å². The third-order valence-corrected chi connectivity index (χ3v) is 7.38. The first kappa shape index (κ1) is 22.4. The Labute approximate surface area is 198 Å². The third kappa shape index (κ3) is 4.82. The second-order valence-corrected chi connectivity index (χ2v) is 10.3. The van der Waals surface area contributed by atoms with E-state index in [1.807, 2.05) is 37.3 Å². The van der Waals surface area contributed by atoms with Gasteiger partial charge in [-0.2, -0.15) is 8.75 Å². The lowest BCUT2D eigenvalue weighted by molar-refractivity contribution is 0.0952. The first-order chi connectivity index (χ1) is 15.3. The molecule has 4 rings (SSSR count). The second kappa shape index (κ2) is 9.35. The normalized spacial score (nSPS) is 12.4. The van der Waals surface area contributed by atoms with Gasteiger partial charge in [0.05, 0.1) is 23.0 Å². The number of hydrogen-bond acceptors (Lipinski definition) is 6. The van der Waals surface area contributed by atoms with E-state index in [-0.39, 0.29) is 28.0 Å². The van der Waals surface area contributed by atoms with E-state index < -0.39 is 10.0 Å². The van der Waals surface area contributed by atoms with Gasteiger partial charge in [0.1, 0.15) is 15.9 Å². The van der Waals surface area contributed by atoms with Crippen molar-refractivity contribution in [2.75, 3.05) is 11.3 Å². The van der Waals surface area contributed by atoms with Gasteiger partial charge in [-0.15, -0.1) is 0 Å². The first-order valence-electron chi connectivity index (χ1n) is 9.72. The molecule has 10 heteroatoms. The van der Waals surface area contributed by atoms with Crippen LogP contribution in [0, 0.1) is 0 Å². The number of rotatable bonds is 7. The smallest absolute Gasteiger partial charge is 0.264 e. The van der Waals surface area contributed by atoms with Gasteiger partial charge in [-0.05, 0) is 41.8 Å². The van der Waals surface area contributed by atoms with Crippen LogP contribution in [0.4, 0.5) is 5.69 Å². The molecule has 1 amide bonds. The number of carbonyl (C=O) groups is 1. The molecular formula is C22H19BrN4O3S2. The standard InChI is InChI=1S/C22H19BrN4O3S2/c1-14(15-6-3-2-4-7-15)13-24-22(28)17-11-10-16(23)12-19(17)27-32(29,30)20-9-5-8-18-21(20)26-31-25-18/h2-12,14,27H,13H2,1H3,(H,24,28)/t14-/m0/s1. The summed E-state index contributed by atoms with van der Waals surface area (Å²) in [4.78, 5) is 12.9. The topological polar surface area (TPSA) is 101 Å². The van der Waals surface area contributed by atoms with Crippen molar-refractivity contribution in [2.45, 2.75) is 17.7 Å². The van der Waals surface area contributed by atoms with Crippen molar-refractivity contribution in [3.63, 3.8) is 0 Å². The van der Waals surface area contributed by atoms with Crippen LogP contribution in [-0.4, -0.2) is 29.6 Å². The zero-order chi connectivity index (χ0) is 22.7. The Hall–Kier alpha value is -2.82. The van der Waals surface area contributed by atoms with Crippen molar-refractivity contribution in [3.8, 4) is 0 Å². The molecule has 32 heavy (non-hydrogen) atoms. The molecule has 2 N–H and O–H groups in total. The Balaban J connectivity index is 1.58. The van der Waals surface area contributed by atoms with E-state index in [0.29, 0.717) is 22.1 Å². The summed E-state index contributed by atoms with van der Waals surface area (Å²) in [6, 6.07) is 19.5. The van der Waals surface area contributed by atoms with E-state index in [1.54, 1.807) is 30.3 Å². The Morgan fingerprint density at radius 3 is 2.62 bits per heavy atom. The summed E-state index contributed by atoms with van der Waals surface area (Å²) in [7, 11) is -4.00. The summed E-state index contributed by atoms with van der Waals surface area (Å²) in [6.07, 6.45) is 0. The minimum absolute atomic E-state index is 0.00721. The highest BCUT2D eigenvalue weighted by molar-refractivity contribution is 9.10. The van der Waals surface area contributed by atoms with Crippen molar-refractivity contribution in [3.05, 3.63) is 82.3 Å². The highest BCUT2D eigenvalue weighted by Crippen LogP contribution is 2.27. The van der Waals surface area contributed by atoms with Crippen molar-refractivity contribution < 1.29 is 13.2 Å². The van der Waals surface area contributed by atoms with E-state index in [9.17, 15) is 13.2 Å².